The molecule has 1 aliphatic heterocycles. The molecule has 0 radical (unpaired) electrons. The number of piperazine rings is 1. The second-order valence-electron chi connectivity index (χ2n) is 5.49. The van der Waals surface area contributed by atoms with Crippen molar-refractivity contribution in [3.63, 3.8) is 0 Å². The number of amides is 1. The molecule has 1 aromatic heterocycles. The number of carbonyl (C=O) groups is 1. The Kier molecular flexibility index (Phi) is 3.91. The molecule has 112 valence electrons. The highest BCUT2D eigenvalue weighted by molar-refractivity contribution is 6.35. The fraction of sp³-hybridized carbons (Fsp3) is 0.438. The zero-order chi connectivity index (χ0) is 15.0. The van der Waals surface area contributed by atoms with Crippen LogP contribution >= 0.6 is 11.6 Å². The van der Waals surface area contributed by atoms with Crippen molar-refractivity contribution in [2.24, 2.45) is 7.05 Å². The van der Waals surface area contributed by atoms with Gasteiger partial charge in [-0.25, -0.2) is 0 Å². The normalized spacial score (nSPS) is 16.6. The number of hydrogen-bond donors (Lipinski definition) is 0. The van der Waals surface area contributed by atoms with Gasteiger partial charge in [-0.05, 0) is 24.7 Å². The highest BCUT2D eigenvalue weighted by atomic mass is 35.5. The van der Waals surface area contributed by atoms with E-state index in [0.717, 1.165) is 43.6 Å². The van der Waals surface area contributed by atoms with Crippen molar-refractivity contribution >= 4 is 28.4 Å². The second-order valence-corrected chi connectivity index (χ2v) is 5.89. The van der Waals surface area contributed by atoms with Crippen LogP contribution in [0.4, 0.5) is 0 Å². The summed E-state index contributed by atoms with van der Waals surface area (Å²) in [5.41, 5.74) is 1.71. The van der Waals surface area contributed by atoms with Crippen LogP contribution in [0.15, 0.2) is 24.3 Å². The molecule has 1 aromatic carbocycles. The predicted octanol–water partition coefficient (Wildman–Crippen LogP) is 2.61. The van der Waals surface area contributed by atoms with Gasteiger partial charge in [0.15, 0.2) is 0 Å². The van der Waals surface area contributed by atoms with Crippen molar-refractivity contribution in [2.75, 3.05) is 32.7 Å². The zero-order valence-corrected chi connectivity index (χ0v) is 13.2. The van der Waals surface area contributed by atoms with Crippen molar-refractivity contribution in [1.29, 1.82) is 0 Å². The SMILES string of the molecule is CCN1CCN(C(=O)c2cc3c(Cl)cccc3n2C)CC1. The van der Waals surface area contributed by atoms with Gasteiger partial charge in [0.2, 0.25) is 0 Å². The Labute approximate surface area is 129 Å². The molecular formula is C16H20ClN3O. The highest BCUT2D eigenvalue weighted by Crippen LogP contribution is 2.27. The second kappa shape index (κ2) is 5.70. The maximum absolute atomic E-state index is 12.7. The predicted molar refractivity (Wildman–Crippen MR) is 85.9 cm³/mol. The molecule has 0 aliphatic carbocycles. The van der Waals surface area contributed by atoms with Gasteiger partial charge >= 0.3 is 0 Å². The number of rotatable bonds is 2. The van der Waals surface area contributed by atoms with Gasteiger partial charge in [0.05, 0.1) is 0 Å². The molecule has 5 heteroatoms. The Hall–Kier alpha value is -1.52. The molecule has 0 atom stereocenters. The van der Waals surface area contributed by atoms with Crippen LogP contribution in [-0.4, -0.2) is 53.0 Å². The lowest BCUT2D eigenvalue weighted by Crippen LogP contribution is -2.48. The maximum Gasteiger partial charge on any atom is 0.270 e. The fourth-order valence-corrected chi connectivity index (χ4v) is 3.18. The minimum atomic E-state index is 0.0977. The molecule has 0 bridgehead atoms. The third-order valence-corrected chi connectivity index (χ3v) is 4.69. The first-order valence-corrected chi connectivity index (χ1v) is 7.75. The average molecular weight is 306 g/mol. The van der Waals surface area contributed by atoms with E-state index >= 15 is 0 Å². The summed E-state index contributed by atoms with van der Waals surface area (Å²) in [6.07, 6.45) is 0. The minimum Gasteiger partial charge on any atom is -0.340 e. The van der Waals surface area contributed by atoms with Gasteiger partial charge in [0.1, 0.15) is 5.69 Å². The molecule has 0 spiro atoms. The standard InChI is InChI=1S/C16H20ClN3O/c1-3-19-7-9-20(10-8-19)16(21)15-11-12-13(17)5-4-6-14(12)18(15)2/h4-6,11H,3,7-10H2,1-2H3. The first kappa shape index (κ1) is 14.4. The van der Waals surface area contributed by atoms with Gasteiger partial charge in [-0.2, -0.15) is 0 Å². The summed E-state index contributed by atoms with van der Waals surface area (Å²) in [5.74, 6) is 0.0977. The van der Waals surface area contributed by atoms with Crippen molar-refractivity contribution in [3.05, 3.63) is 35.0 Å². The van der Waals surface area contributed by atoms with Gasteiger partial charge in [-0.15, -0.1) is 0 Å². The van der Waals surface area contributed by atoms with Crippen molar-refractivity contribution in [1.82, 2.24) is 14.4 Å². The van der Waals surface area contributed by atoms with Crippen LogP contribution in [0.25, 0.3) is 10.9 Å². The number of aromatic nitrogens is 1. The van der Waals surface area contributed by atoms with Crippen molar-refractivity contribution in [2.45, 2.75) is 6.92 Å². The summed E-state index contributed by atoms with van der Waals surface area (Å²) in [6.45, 7) is 6.69. The lowest BCUT2D eigenvalue weighted by Gasteiger charge is -2.34. The summed E-state index contributed by atoms with van der Waals surface area (Å²) >= 11 is 6.23. The molecule has 4 nitrogen and oxygen atoms in total. The number of halogens is 1. The third kappa shape index (κ3) is 2.54. The van der Waals surface area contributed by atoms with Crippen LogP contribution < -0.4 is 0 Å². The molecule has 1 amide bonds. The van der Waals surface area contributed by atoms with E-state index in [-0.39, 0.29) is 5.91 Å². The topological polar surface area (TPSA) is 28.5 Å². The van der Waals surface area contributed by atoms with E-state index < -0.39 is 0 Å². The molecule has 0 N–H and O–H groups in total. The van der Waals surface area contributed by atoms with Gasteiger partial charge in [-0.1, -0.05) is 24.6 Å². The smallest absolute Gasteiger partial charge is 0.270 e. The number of likely N-dealkylation sites (N-methyl/N-ethyl adjacent to an activating group) is 1. The summed E-state index contributed by atoms with van der Waals surface area (Å²) in [5, 5.41) is 1.63. The molecule has 2 heterocycles. The summed E-state index contributed by atoms with van der Waals surface area (Å²) in [7, 11) is 1.92. The van der Waals surface area contributed by atoms with E-state index in [1.165, 1.54) is 0 Å². The number of aryl methyl sites for hydroxylation is 1. The Morgan fingerprint density at radius 1 is 1.24 bits per heavy atom. The number of hydrogen-bond acceptors (Lipinski definition) is 2. The van der Waals surface area contributed by atoms with E-state index in [1.807, 2.05) is 40.8 Å². The van der Waals surface area contributed by atoms with Crippen LogP contribution in [0.1, 0.15) is 17.4 Å². The molecular weight excluding hydrogens is 286 g/mol. The number of fused-ring (bicyclic) bond motifs is 1. The van der Waals surface area contributed by atoms with Gasteiger partial charge < -0.3 is 14.4 Å². The molecule has 0 unspecified atom stereocenters. The first-order chi connectivity index (χ1) is 10.1. The Morgan fingerprint density at radius 2 is 1.95 bits per heavy atom. The largest absolute Gasteiger partial charge is 0.340 e. The third-order valence-electron chi connectivity index (χ3n) is 4.36. The van der Waals surface area contributed by atoms with Crippen molar-refractivity contribution < 1.29 is 4.79 Å². The fourth-order valence-electron chi connectivity index (χ4n) is 2.96. The lowest BCUT2D eigenvalue weighted by molar-refractivity contribution is 0.0634. The highest BCUT2D eigenvalue weighted by Gasteiger charge is 2.24. The minimum absolute atomic E-state index is 0.0977. The molecule has 3 rings (SSSR count). The van der Waals surface area contributed by atoms with Gasteiger partial charge in [0, 0.05) is 49.2 Å². The van der Waals surface area contributed by atoms with E-state index in [1.54, 1.807) is 0 Å². The molecule has 21 heavy (non-hydrogen) atoms. The van der Waals surface area contributed by atoms with E-state index in [2.05, 4.69) is 11.8 Å². The quantitative estimate of drug-likeness (QED) is 0.853. The van der Waals surface area contributed by atoms with Gasteiger partial charge in [0.25, 0.3) is 5.91 Å². The monoisotopic (exact) mass is 305 g/mol. The first-order valence-electron chi connectivity index (χ1n) is 7.37. The number of nitrogens with zero attached hydrogens (tertiary/aromatic N) is 3. The number of carbonyl (C=O) groups excluding carboxylic acids is 1. The van der Waals surface area contributed by atoms with E-state index in [9.17, 15) is 4.79 Å². The average Bonchev–Trinajstić information content (AvgIpc) is 2.85. The molecule has 1 saturated heterocycles. The Balaban J connectivity index is 1.89. The van der Waals surface area contributed by atoms with Crippen molar-refractivity contribution in [3.8, 4) is 0 Å². The van der Waals surface area contributed by atoms with Crippen LogP contribution in [0.5, 0.6) is 0 Å². The molecule has 1 aliphatic rings. The summed E-state index contributed by atoms with van der Waals surface area (Å²) < 4.78 is 1.94. The van der Waals surface area contributed by atoms with Crippen LogP contribution in [-0.2, 0) is 7.05 Å². The summed E-state index contributed by atoms with van der Waals surface area (Å²) in [4.78, 5) is 17.0. The zero-order valence-electron chi connectivity index (χ0n) is 12.5. The van der Waals surface area contributed by atoms with Gasteiger partial charge in [-0.3, -0.25) is 4.79 Å². The Morgan fingerprint density at radius 3 is 2.57 bits per heavy atom. The molecule has 2 aromatic rings. The van der Waals surface area contributed by atoms with Crippen LogP contribution in [0.3, 0.4) is 0 Å². The molecule has 1 fully saturated rings. The molecule has 0 saturated carbocycles. The lowest BCUT2D eigenvalue weighted by atomic mass is 10.2. The number of benzene rings is 1. The van der Waals surface area contributed by atoms with E-state index in [4.69, 9.17) is 11.6 Å². The van der Waals surface area contributed by atoms with Crippen LogP contribution in [0, 0.1) is 0 Å². The Bertz CT molecular complexity index is 671. The van der Waals surface area contributed by atoms with E-state index in [0.29, 0.717) is 10.7 Å². The summed E-state index contributed by atoms with van der Waals surface area (Å²) in [6, 6.07) is 7.68. The van der Waals surface area contributed by atoms with Crippen LogP contribution in [0.2, 0.25) is 5.02 Å². The maximum atomic E-state index is 12.7.